The molecule has 0 bridgehead atoms. The van der Waals surface area contributed by atoms with E-state index in [0.29, 0.717) is 44.2 Å². The Morgan fingerprint density at radius 2 is 0.615 bits per heavy atom. The van der Waals surface area contributed by atoms with Crippen LogP contribution in [0.25, 0.3) is 0 Å². The number of nitrogens with one attached hydrogen (secondary N) is 14. The monoisotopic (exact) mass is 2030 g/mol. The average molecular weight is 2030 g/mol. The molecule has 143 heavy (non-hydrogen) atoms. The molecule has 1 aromatic rings. The van der Waals surface area contributed by atoms with Gasteiger partial charge in [0.1, 0.15) is 96.1 Å². The highest BCUT2D eigenvalue weighted by Crippen LogP contribution is 2.20. The van der Waals surface area contributed by atoms with Crippen molar-refractivity contribution in [2.45, 2.75) is 390 Å². The fourth-order valence-electron chi connectivity index (χ4n) is 15.2. The van der Waals surface area contributed by atoms with E-state index in [2.05, 4.69) is 69.1 Å². The minimum Gasteiger partial charge on any atom is -0.508 e. The van der Waals surface area contributed by atoms with Crippen molar-refractivity contribution in [1.82, 2.24) is 74.4 Å². The molecule has 0 heterocycles. The predicted octanol–water partition coefficient (Wildman–Crippen LogP) is -2.42. The molecule has 0 fully saturated rings. The summed E-state index contributed by atoms with van der Waals surface area (Å²) < 4.78 is 0. The minimum atomic E-state index is -1.95. The Morgan fingerprint density at radius 1 is 0.294 bits per heavy atom. The molecule has 17 amide bonds. The highest BCUT2D eigenvalue weighted by atomic mass is 16.4. The van der Waals surface area contributed by atoms with Crippen LogP contribution in [-0.2, 0) is 107 Å². The summed E-state index contributed by atoms with van der Waals surface area (Å²) in [6.07, 6.45) is 8.83. The number of carboxylic acids is 3. The number of ketones is 1. The average Bonchev–Trinajstić information content (AvgIpc) is 0.845. The van der Waals surface area contributed by atoms with Gasteiger partial charge in [0.25, 0.3) is 0 Å². The fourth-order valence-corrected chi connectivity index (χ4v) is 15.2. The molecule has 0 aliphatic carbocycles. The molecule has 1 aromatic carbocycles. The third-order valence-electron chi connectivity index (χ3n) is 23.6. The second-order valence-corrected chi connectivity index (χ2v) is 37.4. The number of aliphatic carboxylic acids is 3. The number of benzene rings is 1. The van der Waals surface area contributed by atoms with Crippen molar-refractivity contribution in [3.63, 3.8) is 0 Å². The van der Waals surface area contributed by atoms with E-state index in [1.165, 1.54) is 45.0 Å². The predicted molar refractivity (Wildman–Crippen MR) is 527 cm³/mol. The lowest BCUT2D eigenvalue weighted by atomic mass is 10.00. The molecule has 0 aliphatic rings. The normalized spacial score (nSPS) is 14.6. The molecule has 810 valence electrons. The van der Waals surface area contributed by atoms with Crippen LogP contribution < -0.4 is 120 Å². The second-order valence-electron chi connectivity index (χ2n) is 37.4. The molecule has 0 saturated carbocycles. The summed E-state index contributed by atoms with van der Waals surface area (Å²) in [4.78, 5) is 284. The number of amides is 17. The summed E-state index contributed by atoms with van der Waals surface area (Å²) in [5, 5.41) is 84.0. The first kappa shape index (κ1) is 129. The molecule has 16 atom stereocenters. The Hall–Kier alpha value is -12.1. The van der Waals surface area contributed by atoms with E-state index in [1.54, 1.807) is 27.7 Å². The number of phenols is 1. The lowest BCUT2D eigenvalue weighted by Gasteiger charge is -2.29. The number of aromatic hydroxyl groups is 1. The highest BCUT2D eigenvalue weighted by Gasteiger charge is 2.41. The van der Waals surface area contributed by atoms with Gasteiger partial charge < -0.3 is 146 Å². The maximum absolute atomic E-state index is 14.8. The number of nitrogens with two attached hydrogens (primary N) is 8. The first-order chi connectivity index (χ1) is 67.5. The Kier molecular flexibility index (Phi) is 65.0. The largest absolute Gasteiger partial charge is 0.508 e. The summed E-state index contributed by atoms with van der Waals surface area (Å²) >= 11 is 0. The van der Waals surface area contributed by atoms with E-state index in [9.17, 15) is 126 Å². The summed E-state index contributed by atoms with van der Waals surface area (Å²) in [5.41, 5.74) is 46.1. The van der Waals surface area contributed by atoms with Crippen LogP contribution >= 0.6 is 0 Å². The molecule has 1 rings (SSSR count). The number of carboxylic acid groups (broad SMARTS) is 3. The molecule has 0 saturated heterocycles. The van der Waals surface area contributed by atoms with E-state index in [1.807, 2.05) is 5.32 Å². The van der Waals surface area contributed by atoms with Crippen molar-refractivity contribution >= 4 is 124 Å². The zero-order chi connectivity index (χ0) is 108. The number of aliphatic hydroxyl groups is 1. The van der Waals surface area contributed by atoms with Gasteiger partial charge in [0.05, 0.1) is 25.0 Å². The van der Waals surface area contributed by atoms with Crippen LogP contribution in [0.3, 0.4) is 0 Å². The van der Waals surface area contributed by atoms with Crippen LogP contribution in [0.1, 0.15) is 292 Å². The SMILES string of the molecule is CC(C)CC(NC(=O)C(CCC(=O)O)NC(=O)C(CCC(N)=O)NC(=O)C(NC(=O)C(NC(=O)C(C)NC(=O)C(CCCCN)NC(=O)C(CCCCN)NC(=O)C(CCCCN)NC(=O)C(CC(N)=O)NC(=O)C(Cc1ccc(O)cc1)NC(=O)C(CCC(N)=O)NC(=O)C(NC(=O)CCCCCCCCCCCCCCCC(=O)[C@@H](N)CCCCN)C(C)C)C(C)O)C(C)C)C(=O)NC(CC(=O)O)C(=O)O. The number of primary amides is 3. The van der Waals surface area contributed by atoms with Gasteiger partial charge >= 0.3 is 17.9 Å². The van der Waals surface area contributed by atoms with Crippen molar-refractivity contribution in [2.24, 2.45) is 63.6 Å². The van der Waals surface area contributed by atoms with Crippen molar-refractivity contribution in [3.05, 3.63) is 29.8 Å². The summed E-state index contributed by atoms with van der Waals surface area (Å²) in [6, 6.07) is -18.4. The lowest BCUT2D eigenvalue weighted by molar-refractivity contribution is -0.147. The van der Waals surface area contributed by atoms with E-state index in [0.717, 1.165) is 96.8 Å². The van der Waals surface area contributed by atoms with Crippen molar-refractivity contribution in [3.8, 4) is 5.75 Å². The zero-order valence-electron chi connectivity index (χ0n) is 84.2. The molecular weight excluding hydrogens is 1870 g/mol. The van der Waals surface area contributed by atoms with E-state index in [-0.39, 0.29) is 95.4 Å². The van der Waals surface area contributed by atoms with Gasteiger partial charge in [-0.2, -0.15) is 0 Å². The van der Waals surface area contributed by atoms with Gasteiger partial charge in [-0.1, -0.05) is 131 Å². The number of phenolic OH excluding ortho intramolecular Hbond substituents is 1. The standard InChI is InChI=1S/C95H164N22O26/c1-54(2)50-68(89(136)114-71(95(142)143)53-78(127)128)111-88(135)67(42-45-77(125)126)108-86(133)65(40-43-73(101)121)110-93(140)80(56(5)6)116-94(141)81(58(8)118)117-82(129)57(7)104-83(130)62(31-23-27-47-97)105-84(131)63(32-24-28-48-98)106-85(132)64(33-25-29-49-99)107-91(138)70(52-75(103)123)113-90(137)69(51-59-36-38-60(119)39-37-59)112-87(134)66(41-44-74(102)122)109-92(139)79(55(3)4)115-76(124)35-21-19-17-15-13-11-9-10-12-14-16-18-20-34-72(120)61(100)30-22-26-46-96/h36-39,54-58,61-71,79-81,118-119H,9-35,40-53,96-100H2,1-8H3,(H2,101,121)(H2,102,122)(H2,103,123)(H,104,130)(H,105,131)(H,106,132)(H,107,138)(H,108,133)(H,109,139)(H,110,140)(H,111,135)(H,112,134)(H,113,137)(H,114,136)(H,115,124)(H,116,141)(H,117,129)(H,125,126)(H,127,128)(H,142,143)/t57?,58?,61-,62?,63?,64?,65?,66?,67?,68?,69?,70?,71?,79?,80?,81?/m0/s1. The number of carbonyl (C=O) groups is 21. The van der Waals surface area contributed by atoms with Gasteiger partial charge in [-0.15, -0.1) is 0 Å². The molecule has 0 aliphatic heterocycles. The second kappa shape index (κ2) is 72.2. The van der Waals surface area contributed by atoms with E-state index >= 15 is 0 Å². The summed E-state index contributed by atoms with van der Waals surface area (Å²) in [6.45, 7) is 12.6. The Labute approximate surface area is 836 Å². The van der Waals surface area contributed by atoms with Crippen molar-refractivity contribution < 1.29 is 126 Å². The van der Waals surface area contributed by atoms with Gasteiger partial charge in [0, 0.05) is 38.5 Å². The molecule has 48 heteroatoms. The molecule has 0 radical (unpaired) electrons. The Bertz CT molecular complexity index is 4220. The summed E-state index contributed by atoms with van der Waals surface area (Å²) in [7, 11) is 0. The zero-order valence-corrected chi connectivity index (χ0v) is 84.2. The maximum Gasteiger partial charge on any atom is 0.326 e. The number of carbonyl (C=O) groups excluding carboxylic acids is 18. The Balaban J connectivity index is 3.55. The number of unbranched alkanes of at least 4 members (excludes halogenated alkanes) is 16. The number of aliphatic hydroxyl groups excluding tert-OH is 1. The number of hydrogen-bond donors (Lipinski definition) is 27. The van der Waals surface area contributed by atoms with Gasteiger partial charge in [-0.05, 0) is 185 Å². The number of Topliss-reactive ketones (excluding diaryl/α,β-unsaturated/α-hetero) is 1. The van der Waals surface area contributed by atoms with Crippen LogP contribution in [0.4, 0.5) is 0 Å². The molecule has 48 nitrogen and oxygen atoms in total. The van der Waals surface area contributed by atoms with Gasteiger partial charge in [0.15, 0.2) is 0 Å². The Morgan fingerprint density at radius 3 is 0.993 bits per heavy atom. The minimum absolute atomic E-state index is 0.0994. The van der Waals surface area contributed by atoms with Crippen LogP contribution in [0.2, 0.25) is 0 Å². The smallest absolute Gasteiger partial charge is 0.326 e. The van der Waals surface area contributed by atoms with Gasteiger partial charge in [-0.3, -0.25) is 95.9 Å². The maximum atomic E-state index is 14.8. The number of hydrogen-bond acceptors (Lipinski definition) is 28. The molecule has 0 spiro atoms. The van der Waals surface area contributed by atoms with Crippen LogP contribution in [0, 0.1) is 17.8 Å². The van der Waals surface area contributed by atoms with Crippen LogP contribution in [-0.4, -0.2) is 273 Å². The van der Waals surface area contributed by atoms with E-state index in [4.69, 9.17) is 45.9 Å². The first-order valence-electron chi connectivity index (χ1n) is 49.8. The molecular formula is C95H164N22O26. The van der Waals surface area contributed by atoms with Gasteiger partial charge in [0.2, 0.25) is 100 Å². The van der Waals surface area contributed by atoms with Crippen molar-refractivity contribution in [2.75, 3.05) is 26.2 Å². The fraction of sp³-hybridized carbons (Fsp3) is 0.716. The van der Waals surface area contributed by atoms with Gasteiger partial charge in [-0.25, -0.2) is 4.79 Å². The molecule has 35 N–H and O–H groups in total. The highest BCUT2D eigenvalue weighted by molar-refractivity contribution is 6.02. The topological polar surface area (TPSA) is 836 Å². The van der Waals surface area contributed by atoms with Crippen molar-refractivity contribution in [1.29, 1.82) is 0 Å². The first-order valence-corrected chi connectivity index (χ1v) is 49.8. The van der Waals surface area contributed by atoms with Crippen LogP contribution in [0.5, 0.6) is 5.75 Å². The molecule has 0 aromatic heterocycles. The third-order valence-corrected chi connectivity index (χ3v) is 23.6. The lowest BCUT2D eigenvalue weighted by Crippen LogP contribution is -2.62. The summed E-state index contributed by atoms with van der Waals surface area (Å²) in [5.74, 6) is -24.3. The quantitative estimate of drug-likeness (QED) is 0.0302. The van der Waals surface area contributed by atoms with Crippen LogP contribution in [0.15, 0.2) is 24.3 Å². The number of rotatable bonds is 81. The molecule has 15 unspecified atom stereocenters. The third kappa shape index (κ3) is 55.9. The van der Waals surface area contributed by atoms with E-state index < -0.39 is 284 Å².